The van der Waals surface area contributed by atoms with Crippen LogP contribution < -0.4 is 16.0 Å². The summed E-state index contributed by atoms with van der Waals surface area (Å²) in [7, 11) is 0. The number of amides is 4. The highest BCUT2D eigenvalue weighted by atomic mass is 16.2. The summed E-state index contributed by atoms with van der Waals surface area (Å²) < 4.78 is 0. The van der Waals surface area contributed by atoms with Gasteiger partial charge in [-0.3, -0.25) is 24.2 Å². The third-order valence-corrected chi connectivity index (χ3v) is 6.45. The fraction of sp³-hybridized carbons (Fsp3) is 0.370. The lowest BCUT2D eigenvalue weighted by atomic mass is 10.0. The first kappa shape index (κ1) is 25.9. The molecular formula is C27H32N6O4. The minimum atomic E-state index is -0.828. The molecule has 0 unspecified atom stereocenters. The Morgan fingerprint density at radius 3 is 2.57 bits per heavy atom. The molecule has 0 saturated carbocycles. The van der Waals surface area contributed by atoms with Crippen LogP contribution >= 0.6 is 0 Å². The number of carbonyl (C=O) groups is 4. The molecule has 37 heavy (non-hydrogen) atoms. The van der Waals surface area contributed by atoms with Crippen molar-refractivity contribution in [2.24, 2.45) is 0 Å². The molecular weight excluding hydrogens is 472 g/mol. The van der Waals surface area contributed by atoms with Gasteiger partial charge < -0.3 is 25.8 Å². The SMILES string of the molecule is C[C@@H]1NC(=O)CCCN(C(=O)c2ccncc2)CCCNC(=O)[C@@H](Cc2c[nH]c3ccccc23)NC1=O. The van der Waals surface area contributed by atoms with Gasteiger partial charge in [-0.15, -0.1) is 0 Å². The highest BCUT2D eigenvalue weighted by Crippen LogP contribution is 2.19. The van der Waals surface area contributed by atoms with Gasteiger partial charge in [0.05, 0.1) is 0 Å². The average molecular weight is 505 g/mol. The zero-order chi connectivity index (χ0) is 26.2. The van der Waals surface area contributed by atoms with Gasteiger partial charge >= 0.3 is 0 Å². The van der Waals surface area contributed by atoms with E-state index in [1.165, 1.54) is 0 Å². The number of rotatable bonds is 3. The van der Waals surface area contributed by atoms with E-state index in [1.54, 1.807) is 36.4 Å². The molecule has 0 radical (unpaired) electrons. The summed E-state index contributed by atoms with van der Waals surface area (Å²) >= 11 is 0. The number of nitrogens with one attached hydrogen (secondary N) is 4. The van der Waals surface area contributed by atoms with Crippen LogP contribution in [0.1, 0.15) is 42.1 Å². The predicted octanol–water partition coefficient (Wildman–Crippen LogP) is 1.54. The van der Waals surface area contributed by atoms with Crippen LogP contribution in [0.4, 0.5) is 0 Å². The topological polar surface area (TPSA) is 136 Å². The number of hydrogen-bond acceptors (Lipinski definition) is 5. The number of para-hydroxylation sites is 1. The van der Waals surface area contributed by atoms with E-state index in [9.17, 15) is 19.2 Å². The molecule has 1 fully saturated rings. The van der Waals surface area contributed by atoms with E-state index in [0.29, 0.717) is 38.0 Å². The minimum absolute atomic E-state index is 0.152. The second kappa shape index (κ2) is 12.2. The zero-order valence-electron chi connectivity index (χ0n) is 20.8. The molecule has 1 aliphatic heterocycles. The van der Waals surface area contributed by atoms with Crippen molar-refractivity contribution < 1.29 is 19.2 Å². The Balaban J connectivity index is 1.50. The Morgan fingerprint density at radius 2 is 1.76 bits per heavy atom. The number of carbonyl (C=O) groups excluding carboxylic acids is 4. The van der Waals surface area contributed by atoms with Gasteiger partial charge in [0.15, 0.2) is 0 Å². The maximum absolute atomic E-state index is 13.2. The smallest absolute Gasteiger partial charge is 0.253 e. The molecule has 0 bridgehead atoms. The van der Waals surface area contributed by atoms with E-state index in [-0.39, 0.29) is 30.6 Å². The summed E-state index contributed by atoms with van der Waals surface area (Å²) in [4.78, 5) is 60.4. The molecule has 1 aromatic carbocycles. The first-order valence-electron chi connectivity index (χ1n) is 12.5. The van der Waals surface area contributed by atoms with Crippen LogP contribution in [0.15, 0.2) is 55.0 Å². The van der Waals surface area contributed by atoms with Crippen LogP contribution in [-0.4, -0.2) is 70.2 Å². The third-order valence-electron chi connectivity index (χ3n) is 6.45. The quantitative estimate of drug-likeness (QED) is 0.429. The molecule has 1 saturated heterocycles. The lowest BCUT2D eigenvalue weighted by molar-refractivity contribution is -0.131. The van der Waals surface area contributed by atoms with Crippen LogP contribution in [0.3, 0.4) is 0 Å². The van der Waals surface area contributed by atoms with Crippen LogP contribution in [0.2, 0.25) is 0 Å². The molecule has 3 heterocycles. The van der Waals surface area contributed by atoms with Crippen molar-refractivity contribution in [1.29, 1.82) is 0 Å². The molecule has 4 amide bonds. The monoisotopic (exact) mass is 504 g/mol. The Labute approximate surface area is 215 Å². The molecule has 0 aliphatic carbocycles. The molecule has 2 atom stereocenters. The summed E-state index contributed by atoms with van der Waals surface area (Å²) in [5.41, 5.74) is 2.37. The fourth-order valence-corrected chi connectivity index (χ4v) is 4.43. The number of benzene rings is 1. The Morgan fingerprint density at radius 1 is 1.00 bits per heavy atom. The number of hydrogen-bond donors (Lipinski definition) is 4. The molecule has 3 aromatic rings. The van der Waals surface area contributed by atoms with Crippen molar-refractivity contribution in [2.75, 3.05) is 19.6 Å². The van der Waals surface area contributed by atoms with E-state index >= 15 is 0 Å². The molecule has 2 aromatic heterocycles. The normalized spacial score (nSPS) is 20.4. The average Bonchev–Trinajstić information content (AvgIpc) is 3.31. The molecule has 194 valence electrons. The molecule has 10 heteroatoms. The van der Waals surface area contributed by atoms with Gasteiger partial charge in [-0.2, -0.15) is 0 Å². The first-order valence-corrected chi connectivity index (χ1v) is 12.5. The summed E-state index contributed by atoms with van der Waals surface area (Å²) in [5.74, 6) is -1.19. The van der Waals surface area contributed by atoms with E-state index in [2.05, 4.69) is 25.9 Å². The van der Waals surface area contributed by atoms with E-state index in [1.807, 2.05) is 30.5 Å². The van der Waals surface area contributed by atoms with Crippen molar-refractivity contribution in [3.63, 3.8) is 0 Å². The van der Waals surface area contributed by atoms with E-state index < -0.39 is 18.0 Å². The summed E-state index contributed by atoms with van der Waals surface area (Å²) in [6.45, 7) is 2.72. The Bertz CT molecular complexity index is 1260. The summed E-state index contributed by atoms with van der Waals surface area (Å²) in [5, 5.41) is 9.39. The van der Waals surface area contributed by atoms with Gasteiger partial charge in [0.1, 0.15) is 12.1 Å². The van der Waals surface area contributed by atoms with Gasteiger partial charge in [-0.25, -0.2) is 0 Å². The van der Waals surface area contributed by atoms with Crippen molar-refractivity contribution in [3.8, 4) is 0 Å². The number of pyridine rings is 1. The Hall–Kier alpha value is -4.21. The molecule has 4 N–H and O–H groups in total. The number of fused-ring (bicyclic) bond motifs is 1. The van der Waals surface area contributed by atoms with Gasteiger partial charge in [0, 0.05) is 67.5 Å². The summed E-state index contributed by atoms with van der Waals surface area (Å²) in [6.07, 6.45) is 6.41. The largest absolute Gasteiger partial charge is 0.361 e. The van der Waals surface area contributed by atoms with Crippen molar-refractivity contribution in [3.05, 3.63) is 66.1 Å². The van der Waals surface area contributed by atoms with Crippen molar-refractivity contribution in [2.45, 2.75) is 44.7 Å². The van der Waals surface area contributed by atoms with Gasteiger partial charge in [-0.1, -0.05) is 18.2 Å². The van der Waals surface area contributed by atoms with E-state index in [4.69, 9.17) is 0 Å². The number of H-pyrrole nitrogens is 1. The first-order chi connectivity index (χ1) is 17.9. The van der Waals surface area contributed by atoms with Gasteiger partial charge in [0.2, 0.25) is 17.7 Å². The minimum Gasteiger partial charge on any atom is -0.361 e. The molecule has 0 spiro atoms. The Kier molecular flexibility index (Phi) is 8.50. The number of aromatic amines is 1. The van der Waals surface area contributed by atoms with Crippen molar-refractivity contribution >= 4 is 34.5 Å². The molecule has 4 rings (SSSR count). The zero-order valence-corrected chi connectivity index (χ0v) is 20.8. The van der Waals surface area contributed by atoms with Crippen molar-refractivity contribution in [1.82, 2.24) is 30.8 Å². The molecule has 1 aliphatic rings. The fourth-order valence-electron chi connectivity index (χ4n) is 4.43. The van der Waals surface area contributed by atoms with Crippen LogP contribution in [0.5, 0.6) is 0 Å². The summed E-state index contributed by atoms with van der Waals surface area (Å²) in [6, 6.07) is 9.42. The highest BCUT2D eigenvalue weighted by Gasteiger charge is 2.26. The second-order valence-electron chi connectivity index (χ2n) is 9.19. The lowest BCUT2D eigenvalue weighted by Gasteiger charge is -2.23. The standard InChI is InChI=1S/C27H32N6O4/c1-18-25(35)32-23(16-20-17-30-22-7-3-2-6-21(20)22)26(36)29-11-5-15-33(14-4-8-24(34)31-18)27(37)19-9-12-28-13-10-19/h2-3,6-7,9-10,12-13,17-18,23,30H,4-5,8,11,14-16H2,1H3,(H,29,36)(H,31,34)(H,32,35)/t18-,23+/m0/s1. The third kappa shape index (κ3) is 6.72. The van der Waals surface area contributed by atoms with Crippen LogP contribution in [0.25, 0.3) is 10.9 Å². The van der Waals surface area contributed by atoms with Gasteiger partial charge in [-0.05, 0) is 43.5 Å². The number of aromatic nitrogens is 2. The van der Waals surface area contributed by atoms with Crippen LogP contribution in [0, 0.1) is 0 Å². The maximum Gasteiger partial charge on any atom is 0.253 e. The highest BCUT2D eigenvalue weighted by molar-refractivity contribution is 5.94. The maximum atomic E-state index is 13.2. The predicted molar refractivity (Wildman–Crippen MR) is 139 cm³/mol. The van der Waals surface area contributed by atoms with Gasteiger partial charge in [0.25, 0.3) is 5.91 Å². The van der Waals surface area contributed by atoms with Crippen LogP contribution in [-0.2, 0) is 20.8 Å². The number of nitrogens with zero attached hydrogens (tertiary/aromatic N) is 2. The second-order valence-corrected chi connectivity index (χ2v) is 9.19. The molecule has 10 nitrogen and oxygen atoms in total. The lowest BCUT2D eigenvalue weighted by Crippen LogP contribution is -2.53. The van der Waals surface area contributed by atoms with E-state index in [0.717, 1.165) is 16.5 Å².